The highest BCUT2D eigenvalue weighted by Gasteiger charge is 2.30. The molecule has 0 amide bonds. The van der Waals surface area contributed by atoms with E-state index < -0.39 is 10.0 Å². The van der Waals surface area contributed by atoms with E-state index in [4.69, 9.17) is 4.74 Å². The van der Waals surface area contributed by atoms with Gasteiger partial charge in [-0.2, -0.15) is 0 Å². The number of hydrogen-bond acceptors (Lipinski definition) is 4. The second kappa shape index (κ2) is 6.42. The highest BCUT2D eigenvalue weighted by atomic mass is 32.2. The zero-order valence-electron chi connectivity index (χ0n) is 13.7. The molecule has 7 heteroatoms. The first kappa shape index (κ1) is 16.5. The van der Waals surface area contributed by atoms with Gasteiger partial charge in [-0.3, -0.25) is 9.29 Å². The van der Waals surface area contributed by atoms with E-state index in [1.165, 1.54) is 22.6 Å². The van der Waals surface area contributed by atoms with E-state index in [0.717, 1.165) is 0 Å². The maximum Gasteiger partial charge on any atom is 0.266 e. The monoisotopic (exact) mass is 370 g/mol. The van der Waals surface area contributed by atoms with Crippen LogP contribution in [0.1, 0.15) is 0 Å². The van der Waals surface area contributed by atoms with Gasteiger partial charge in [0.25, 0.3) is 10.0 Å². The van der Waals surface area contributed by atoms with Crippen molar-refractivity contribution >= 4 is 15.7 Å². The van der Waals surface area contributed by atoms with Gasteiger partial charge in [-0.15, -0.1) is 0 Å². The number of benzene rings is 2. The Kier molecular flexibility index (Phi) is 4.08. The third-order valence-corrected chi connectivity index (χ3v) is 5.94. The summed E-state index contributed by atoms with van der Waals surface area (Å²) in [6, 6.07) is 14.4. The number of para-hydroxylation sites is 2. The third kappa shape index (κ3) is 2.90. The molecule has 0 unspecified atom stereocenters. The van der Waals surface area contributed by atoms with Gasteiger partial charge in [-0.1, -0.05) is 24.3 Å². The van der Waals surface area contributed by atoms with Crippen LogP contribution in [0, 0.1) is 5.82 Å². The smallest absolute Gasteiger partial charge is 0.266 e. The number of anilines is 1. The topological polar surface area (TPSA) is 59.5 Å². The first-order valence-corrected chi connectivity index (χ1v) is 9.45. The number of pyridine rings is 1. The largest absolute Gasteiger partial charge is 0.489 e. The van der Waals surface area contributed by atoms with Crippen molar-refractivity contribution in [2.75, 3.05) is 17.5 Å². The standard InChI is InChI=1S/C19H15FN2O3S/c20-16-7-5-14(6-8-16)15-11-17(13-21-12-15)26(23,24)22-9-10-25-19-4-2-1-3-18(19)22/h1-8,11-13H,9-10H2. The lowest BCUT2D eigenvalue weighted by Gasteiger charge is -2.30. The third-order valence-electron chi connectivity index (χ3n) is 4.16. The number of nitrogens with zero attached hydrogens (tertiary/aromatic N) is 2. The zero-order chi connectivity index (χ0) is 18.1. The van der Waals surface area contributed by atoms with Gasteiger partial charge in [0.2, 0.25) is 0 Å². The molecule has 5 nitrogen and oxygen atoms in total. The molecule has 132 valence electrons. The van der Waals surface area contributed by atoms with Crippen LogP contribution in [0.4, 0.5) is 10.1 Å². The van der Waals surface area contributed by atoms with E-state index in [2.05, 4.69) is 4.98 Å². The number of sulfonamides is 1. The van der Waals surface area contributed by atoms with Crippen molar-refractivity contribution in [3.63, 3.8) is 0 Å². The van der Waals surface area contributed by atoms with Crippen molar-refractivity contribution in [1.29, 1.82) is 0 Å². The Labute approximate surface area is 150 Å². The van der Waals surface area contributed by atoms with Crippen molar-refractivity contribution in [3.05, 3.63) is 72.8 Å². The molecule has 26 heavy (non-hydrogen) atoms. The van der Waals surface area contributed by atoms with Crippen LogP contribution in [-0.4, -0.2) is 26.6 Å². The molecule has 0 fully saturated rings. The minimum Gasteiger partial charge on any atom is -0.489 e. The van der Waals surface area contributed by atoms with Gasteiger partial charge in [0.1, 0.15) is 23.1 Å². The lowest BCUT2D eigenvalue weighted by molar-refractivity contribution is 0.316. The molecular formula is C19H15FN2O3S. The van der Waals surface area contributed by atoms with Gasteiger partial charge in [0.05, 0.1) is 12.2 Å². The molecule has 0 bridgehead atoms. The minimum atomic E-state index is -3.80. The first-order chi connectivity index (χ1) is 12.6. The molecule has 1 aliphatic heterocycles. The summed E-state index contributed by atoms with van der Waals surface area (Å²) in [6.07, 6.45) is 2.87. The molecule has 1 aromatic heterocycles. The molecule has 0 N–H and O–H groups in total. The van der Waals surface area contributed by atoms with Crippen LogP contribution in [0.5, 0.6) is 5.75 Å². The summed E-state index contributed by atoms with van der Waals surface area (Å²) < 4.78 is 46.3. The maximum absolute atomic E-state index is 13.2. The van der Waals surface area contributed by atoms with E-state index in [-0.39, 0.29) is 23.9 Å². The molecular weight excluding hydrogens is 355 g/mol. The van der Waals surface area contributed by atoms with Crippen LogP contribution in [0.15, 0.2) is 71.9 Å². The van der Waals surface area contributed by atoms with Gasteiger partial charge in [-0.25, -0.2) is 12.8 Å². The van der Waals surface area contributed by atoms with Crippen molar-refractivity contribution in [2.45, 2.75) is 4.90 Å². The second-order valence-corrected chi connectivity index (χ2v) is 7.67. The van der Waals surface area contributed by atoms with Crippen LogP contribution in [-0.2, 0) is 10.0 Å². The molecule has 1 aliphatic rings. The Morgan fingerprint density at radius 3 is 2.58 bits per heavy atom. The summed E-state index contributed by atoms with van der Waals surface area (Å²) in [6.45, 7) is 0.501. The molecule has 0 atom stereocenters. The normalized spacial score (nSPS) is 13.8. The van der Waals surface area contributed by atoms with Crippen molar-refractivity contribution < 1.29 is 17.5 Å². The number of hydrogen-bond donors (Lipinski definition) is 0. The summed E-state index contributed by atoms with van der Waals surface area (Å²) in [7, 11) is -3.80. The Morgan fingerprint density at radius 2 is 1.77 bits per heavy atom. The summed E-state index contributed by atoms with van der Waals surface area (Å²) in [5, 5.41) is 0. The Hall–Kier alpha value is -2.93. The zero-order valence-corrected chi connectivity index (χ0v) is 14.5. The van der Waals surface area contributed by atoms with Crippen molar-refractivity contribution in [2.24, 2.45) is 0 Å². The van der Waals surface area contributed by atoms with Crippen LogP contribution in [0.25, 0.3) is 11.1 Å². The van der Waals surface area contributed by atoms with E-state index >= 15 is 0 Å². The average molecular weight is 370 g/mol. The Balaban J connectivity index is 1.76. The molecule has 0 radical (unpaired) electrons. The van der Waals surface area contributed by atoms with E-state index in [9.17, 15) is 12.8 Å². The lowest BCUT2D eigenvalue weighted by Crippen LogP contribution is -2.37. The predicted molar refractivity (Wildman–Crippen MR) is 96.1 cm³/mol. The highest BCUT2D eigenvalue weighted by Crippen LogP contribution is 2.35. The second-order valence-electron chi connectivity index (χ2n) is 5.81. The molecule has 0 saturated heterocycles. The highest BCUT2D eigenvalue weighted by molar-refractivity contribution is 7.92. The van der Waals surface area contributed by atoms with Crippen LogP contribution in [0.2, 0.25) is 0 Å². The Bertz CT molecular complexity index is 1050. The SMILES string of the molecule is O=S(=O)(c1cncc(-c2ccc(F)cc2)c1)N1CCOc2ccccc21. The average Bonchev–Trinajstić information content (AvgIpc) is 2.68. The molecule has 2 aromatic carbocycles. The van der Waals surface area contributed by atoms with Crippen LogP contribution >= 0.6 is 0 Å². The first-order valence-electron chi connectivity index (χ1n) is 8.01. The summed E-state index contributed by atoms with van der Waals surface area (Å²) in [5.41, 5.74) is 1.80. The fourth-order valence-electron chi connectivity index (χ4n) is 2.88. The molecule has 4 rings (SSSR count). The molecule has 3 aromatic rings. The fourth-order valence-corrected chi connectivity index (χ4v) is 4.33. The van der Waals surface area contributed by atoms with E-state index in [1.54, 1.807) is 48.7 Å². The van der Waals surface area contributed by atoms with Gasteiger partial charge in [-0.05, 0) is 35.9 Å². The minimum absolute atomic E-state index is 0.0797. The van der Waals surface area contributed by atoms with Gasteiger partial charge < -0.3 is 4.74 Å². The van der Waals surface area contributed by atoms with E-state index in [0.29, 0.717) is 22.6 Å². The van der Waals surface area contributed by atoms with Gasteiger partial charge >= 0.3 is 0 Å². The summed E-state index contributed by atoms with van der Waals surface area (Å²) >= 11 is 0. The number of aromatic nitrogens is 1. The quantitative estimate of drug-likeness (QED) is 0.708. The van der Waals surface area contributed by atoms with Crippen molar-refractivity contribution in [3.8, 4) is 16.9 Å². The molecule has 0 saturated carbocycles. The summed E-state index contributed by atoms with van der Waals surface area (Å²) in [4.78, 5) is 4.15. The molecule has 0 spiro atoms. The molecule has 0 aliphatic carbocycles. The number of rotatable bonds is 3. The Morgan fingerprint density at radius 1 is 1.00 bits per heavy atom. The van der Waals surface area contributed by atoms with Crippen LogP contribution < -0.4 is 9.04 Å². The number of ether oxygens (including phenoxy) is 1. The fraction of sp³-hybridized carbons (Fsp3) is 0.105. The molecule has 2 heterocycles. The van der Waals surface area contributed by atoms with Gasteiger partial charge in [0.15, 0.2) is 0 Å². The van der Waals surface area contributed by atoms with Gasteiger partial charge in [0, 0.05) is 18.0 Å². The van der Waals surface area contributed by atoms with E-state index in [1.807, 2.05) is 0 Å². The number of halogens is 1. The maximum atomic E-state index is 13.2. The number of fused-ring (bicyclic) bond motifs is 1. The van der Waals surface area contributed by atoms with Crippen molar-refractivity contribution in [1.82, 2.24) is 4.98 Å². The van der Waals surface area contributed by atoms with Crippen LogP contribution in [0.3, 0.4) is 0 Å². The predicted octanol–water partition coefficient (Wildman–Crippen LogP) is 3.48. The summed E-state index contributed by atoms with van der Waals surface area (Å²) in [5.74, 6) is 0.181. The lowest BCUT2D eigenvalue weighted by atomic mass is 10.1.